The third kappa shape index (κ3) is 7.42. The SMILES string of the molecule is CCC(C)c1ccc(OCCCCOCCCCN2CC3(CC(Oc4ccc(-c5ccc6c7cnccc7n(C)c6c5)cn4)C3)C2)cc1C=O. The number of fused-ring (bicyclic) bond motifs is 3. The molecule has 2 fully saturated rings. The minimum atomic E-state index is 0.263. The molecule has 4 heterocycles. The average Bonchev–Trinajstić information content (AvgIpc) is 3.40. The van der Waals surface area contributed by atoms with Gasteiger partial charge in [0.05, 0.1) is 12.1 Å². The standard InChI is InChI=1S/C42H50N4O4/c1-4-30(2)36-13-11-34(21-33(36)27-47)49-20-8-7-19-48-18-6-5-17-46-28-42(29-46)23-35(24-42)50-41-14-10-32(25-44-41)31-9-12-37-38-26-43-16-15-39(38)45(3)40(37)22-31/h9-16,21-22,25-27,30,35H,4-8,17-20,23-24,28-29H2,1-3H3. The zero-order valence-electron chi connectivity index (χ0n) is 29.8. The van der Waals surface area contributed by atoms with Gasteiger partial charge in [-0.2, -0.15) is 0 Å². The van der Waals surface area contributed by atoms with Gasteiger partial charge in [-0.15, -0.1) is 0 Å². The molecule has 0 bridgehead atoms. The number of hydrogen-bond acceptors (Lipinski definition) is 7. The fourth-order valence-corrected chi connectivity index (χ4v) is 7.88. The van der Waals surface area contributed by atoms with Crippen LogP contribution in [0.1, 0.15) is 80.6 Å². The molecule has 1 saturated heterocycles. The van der Waals surface area contributed by atoms with E-state index in [1.54, 1.807) is 0 Å². The zero-order chi connectivity index (χ0) is 34.5. The molecule has 1 saturated carbocycles. The van der Waals surface area contributed by atoms with Gasteiger partial charge in [0, 0.05) is 90.8 Å². The second-order valence-corrected chi connectivity index (χ2v) is 14.5. The van der Waals surface area contributed by atoms with Gasteiger partial charge < -0.3 is 23.7 Å². The van der Waals surface area contributed by atoms with E-state index in [0.29, 0.717) is 23.8 Å². The van der Waals surface area contributed by atoms with Gasteiger partial charge in [0.2, 0.25) is 5.88 Å². The molecule has 50 heavy (non-hydrogen) atoms. The second kappa shape index (κ2) is 15.3. The number of unbranched alkanes of at least 4 members (excludes halogenated alkanes) is 2. The van der Waals surface area contributed by atoms with E-state index in [1.807, 2.05) is 42.9 Å². The number of hydrogen-bond donors (Lipinski definition) is 0. The number of aromatic nitrogens is 3. The Morgan fingerprint density at radius 2 is 1.70 bits per heavy atom. The third-order valence-corrected chi connectivity index (χ3v) is 10.9. The molecule has 0 radical (unpaired) electrons. The smallest absolute Gasteiger partial charge is 0.213 e. The fourth-order valence-electron chi connectivity index (χ4n) is 7.88. The Morgan fingerprint density at radius 3 is 2.48 bits per heavy atom. The van der Waals surface area contributed by atoms with Gasteiger partial charge in [-0.1, -0.05) is 32.0 Å². The zero-order valence-corrected chi connectivity index (χ0v) is 29.8. The summed E-state index contributed by atoms with van der Waals surface area (Å²) in [7, 11) is 2.11. The van der Waals surface area contributed by atoms with Crippen LogP contribution in [0.5, 0.6) is 11.6 Å². The van der Waals surface area contributed by atoms with Crippen molar-refractivity contribution in [3.8, 4) is 22.8 Å². The number of likely N-dealkylation sites (tertiary alicyclic amines) is 1. The number of benzene rings is 2. The molecule has 2 aliphatic rings. The number of pyridine rings is 2. The van der Waals surface area contributed by atoms with E-state index in [4.69, 9.17) is 14.2 Å². The lowest BCUT2D eigenvalue weighted by Gasteiger charge is -2.58. The Hall–Kier alpha value is -4.27. The molecule has 1 spiro atoms. The van der Waals surface area contributed by atoms with E-state index in [1.165, 1.54) is 41.3 Å². The summed E-state index contributed by atoms with van der Waals surface area (Å²) in [6, 6.07) is 18.7. The Labute approximate surface area is 295 Å². The Morgan fingerprint density at radius 1 is 0.900 bits per heavy atom. The van der Waals surface area contributed by atoms with Crippen molar-refractivity contribution in [2.45, 2.75) is 70.8 Å². The first-order valence-corrected chi connectivity index (χ1v) is 18.4. The molecule has 1 aliphatic heterocycles. The summed E-state index contributed by atoms with van der Waals surface area (Å²) in [5.74, 6) is 1.86. The van der Waals surface area contributed by atoms with Crippen molar-refractivity contribution in [1.82, 2.24) is 19.4 Å². The Bertz CT molecular complexity index is 1910. The summed E-state index contributed by atoms with van der Waals surface area (Å²) in [4.78, 5) is 23.1. The summed E-state index contributed by atoms with van der Waals surface area (Å²) < 4.78 is 20.3. The van der Waals surface area contributed by atoms with Gasteiger partial charge in [0.15, 0.2) is 0 Å². The number of rotatable bonds is 17. The van der Waals surface area contributed by atoms with E-state index < -0.39 is 0 Å². The first-order valence-electron chi connectivity index (χ1n) is 18.4. The number of ether oxygens (including phenoxy) is 3. The van der Waals surface area contributed by atoms with Gasteiger partial charge in [0.1, 0.15) is 18.1 Å². The highest BCUT2D eigenvalue weighted by Gasteiger charge is 2.53. The van der Waals surface area contributed by atoms with Crippen LogP contribution in [0.3, 0.4) is 0 Å². The van der Waals surface area contributed by atoms with Crippen LogP contribution in [0.2, 0.25) is 0 Å². The van der Waals surface area contributed by atoms with Gasteiger partial charge in [-0.25, -0.2) is 4.98 Å². The lowest BCUT2D eigenvalue weighted by molar-refractivity contribution is -0.120. The van der Waals surface area contributed by atoms with Crippen LogP contribution >= 0.6 is 0 Å². The lowest BCUT2D eigenvalue weighted by atomic mass is 9.61. The minimum Gasteiger partial charge on any atom is -0.494 e. The van der Waals surface area contributed by atoms with Gasteiger partial charge in [0.25, 0.3) is 0 Å². The van der Waals surface area contributed by atoms with Crippen LogP contribution in [0.25, 0.3) is 32.9 Å². The summed E-state index contributed by atoms with van der Waals surface area (Å²) in [5.41, 5.74) is 6.90. The van der Waals surface area contributed by atoms with Crippen molar-refractivity contribution in [3.05, 3.63) is 84.3 Å². The summed E-state index contributed by atoms with van der Waals surface area (Å²) in [6.45, 7) is 10.0. The molecule has 8 heteroatoms. The van der Waals surface area contributed by atoms with Crippen molar-refractivity contribution in [2.24, 2.45) is 12.5 Å². The normalized spacial score (nSPS) is 16.4. The largest absolute Gasteiger partial charge is 0.494 e. The Kier molecular flexibility index (Phi) is 10.5. The molecular formula is C42H50N4O4. The molecule has 5 aromatic rings. The van der Waals surface area contributed by atoms with E-state index >= 15 is 0 Å². The van der Waals surface area contributed by atoms with Crippen molar-refractivity contribution < 1.29 is 19.0 Å². The molecular weight excluding hydrogens is 624 g/mol. The van der Waals surface area contributed by atoms with Crippen LogP contribution in [-0.4, -0.2) is 71.3 Å². The quantitative estimate of drug-likeness (QED) is 0.0722. The number of carbonyl (C=O) groups is 1. The van der Waals surface area contributed by atoms with E-state index in [0.717, 1.165) is 92.6 Å². The van der Waals surface area contributed by atoms with Crippen LogP contribution < -0.4 is 9.47 Å². The van der Waals surface area contributed by atoms with Crippen molar-refractivity contribution in [3.63, 3.8) is 0 Å². The van der Waals surface area contributed by atoms with E-state index in [2.05, 4.69) is 70.7 Å². The monoisotopic (exact) mass is 674 g/mol. The first-order chi connectivity index (χ1) is 24.4. The molecule has 7 rings (SSSR count). The average molecular weight is 675 g/mol. The number of aldehydes is 1. The van der Waals surface area contributed by atoms with Gasteiger partial charge in [-0.3, -0.25) is 9.78 Å². The maximum absolute atomic E-state index is 11.5. The topological polar surface area (TPSA) is 78.7 Å². The third-order valence-electron chi connectivity index (χ3n) is 10.9. The molecule has 0 amide bonds. The second-order valence-electron chi connectivity index (χ2n) is 14.5. The summed E-state index contributed by atoms with van der Waals surface area (Å²) in [5, 5.41) is 2.40. The van der Waals surface area contributed by atoms with Crippen molar-refractivity contribution >= 4 is 28.1 Å². The lowest BCUT2D eigenvalue weighted by Crippen LogP contribution is -2.64. The van der Waals surface area contributed by atoms with Crippen LogP contribution in [0.4, 0.5) is 0 Å². The van der Waals surface area contributed by atoms with E-state index in [-0.39, 0.29) is 6.10 Å². The van der Waals surface area contributed by atoms with Crippen molar-refractivity contribution in [2.75, 3.05) is 39.5 Å². The molecule has 8 nitrogen and oxygen atoms in total. The maximum Gasteiger partial charge on any atom is 0.213 e. The molecule has 2 aromatic carbocycles. The first kappa shape index (κ1) is 34.2. The molecule has 0 N–H and O–H groups in total. The highest BCUT2D eigenvalue weighted by atomic mass is 16.5. The predicted molar refractivity (Wildman–Crippen MR) is 199 cm³/mol. The van der Waals surface area contributed by atoms with Crippen molar-refractivity contribution in [1.29, 1.82) is 0 Å². The predicted octanol–water partition coefficient (Wildman–Crippen LogP) is 8.61. The highest BCUT2D eigenvalue weighted by Crippen LogP contribution is 2.49. The molecule has 3 aromatic heterocycles. The minimum absolute atomic E-state index is 0.263. The number of nitrogens with zero attached hydrogens (tertiary/aromatic N) is 4. The van der Waals surface area contributed by atoms with Crippen LogP contribution in [-0.2, 0) is 11.8 Å². The van der Waals surface area contributed by atoms with Gasteiger partial charge >= 0.3 is 0 Å². The van der Waals surface area contributed by atoms with Crippen LogP contribution in [0, 0.1) is 5.41 Å². The number of carbonyl (C=O) groups excluding carboxylic acids is 1. The molecule has 1 aliphatic carbocycles. The fraction of sp³-hybridized carbons (Fsp3) is 0.452. The maximum atomic E-state index is 11.5. The summed E-state index contributed by atoms with van der Waals surface area (Å²) in [6.07, 6.45) is 14.3. The molecule has 1 unspecified atom stereocenters. The molecule has 1 atom stereocenters. The number of aryl methyl sites for hydroxylation is 1. The molecule has 262 valence electrons. The summed E-state index contributed by atoms with van der Waals surface area (Å²) >= 11 is 0. The van der Waals surface area contributed by atoms with E-state index in [9.17, 15) is 4.79 Å². The Balaban J connectivity index is 0.738. The van der Waals surface area contributed by atoms with Gasteiger partial charge in [-0.05, 0) is 98.9 Å². The highest BCUT2D eigenvalue weighted by molar-refractivity contribution is 6.08. The van der Waals surface area contributed by atoms with Crippen LogP contribution in [0.15, 0.2) is 73.2 Å².